The number of alkyl halides is 3. The van der Waals surface area contributed by atoms with Crippen molar-refractivity contribution < 1.29 is 22.7 Å². The van der Waals surface area contributed by atoms with E-state index in [1.807, 2.05) is 0 Å². The maximum atomic E-state index is 11.9. The molecule has 1 unspecified atom stereocenters. The summed E-state index contributed by atoms with van der Waals surface area (Å²) in [4.78, 5) is 10.5. The molecule has 0 fully saturated rings. The molecule has 0 rings (SSSR count). The molecule has 11 heavy (non-hydrogen) atoms. The van der Waals surface area contributed by atoms with Crippen molar-refractivity contribution in [1.29, 1.82) is 0 Å². The molecule has 66 valence electrons. The van der Waals surface area contributed by atoms with Gasteiger partial charge in [0.05, 0.1) is 5.92 Å². The number of esters is 1. The molecule has 0 radical (unpaired) electrons. The van der Waals surface area contributed by atoms with Crippen molar-refractivity contribution in [3.63, 3.8) is 0 Å². The summed E-state index contributed by atoms with van der Waals surface area (Å²) in [6, 6.07) is 0. The summed E-state index contributed by atoms with van der Waals surface area (Å²) in [7, 11) is 0. The molecule has 0 aromatic rings. The van der Waals surface area contributed by atoms with Gasteiger partial charge in [-0.25, -0.2) is 8.78 Å². The van der Waals surface area contributed by atoms with E-state index in [0.717, 1.165) is 0 Å². The van der Waals surface area contributed by atoms with Crippen molar-refractivity contribution in [3.8, 4) is 0 Å². The van der Waals surface area contributed by atoms with Crippen LogP contribution in [-0.2, 0) is 9.53 Å². The number of carbonyl (C=O) groups is 1. The third-order valence-electron chi connectivity index (χ3n) is 0.898. The van der Waals surface area contributed by atoms with E-state index in [2.05, 4.69) is 4.74 Å². The van der Waals surface area contributed by atoms with Gasteiger partial charge in [-0.3, -0.25) is 4.79 Å². The Balaban J connectivity index is 3.76. The van der Waals surface area contributed by atoms with Gasteiger partial charge in [-0.1, -0.05) is 13.8 Å². The van der Waals surface area contributed by atoms with Gasteiger partial charge in [0.2, 0.25) is 0 Å². The van der Waals surface area contributed by atoms with E-state index >= 15 is 0 Å². The van der Waals surface area contributed by atoms with Crippen LogP contribution in [0.25, 0.3) is 0 Å². The smallest absolute Gasteiger partial charge is 0.311 e. The molecule has 0 spiro atoms. The van der Waals surface area contributed by atoms with Crippen molar-refractivity contribution in [2.45, 2.75) is 26.6 Å². The van der Waals surface area contributed by atoms with Crippen molar-refractivity contribution >= 4 is 5.97 Å². The molecule has 2 nitrogen and oxygen atoms in total. The van der Waals surface area contributed by atoms with E-state index in [0.29, 0.717) is 0 Å². The van der Waals surface area contributed by atoms with Crippen molar-refractivity contribution in [2.75, 3.05) is 0 Å². The van der Waals surface area contributed by atoms with Gasteiger partial charge in [0, 0.05) is 0 Å². The van der Waals surface area contributed by atoms with Crippen LogP contribution < -0.4 is 0 Å². The average Bonchev–Trinajstić information content (AvgIpc) is 1.87. The highest BCUT2D eigenvalue weighted by atomic mass is 19.3. The molecule has 1 atom stereocenters. The number of halogens is 3. The molecule has 5 heteroatoms. The highest BCUT2D eigenvalue weighted by Crippen LogP contribution is 2.09. The zero-order chi connectivity index (χ0) is 9.02. The Morgan fingerprint density at radius 1 is 1.27 bits per heavy atom. The molecular weight excluding hydrogens is 161 g/mol. The van der Waals surface area contributed by atoms with Crippen molar-refractivity contribution in [1.82, 2.24) is 0 Å². The van der Waals surface area contributed by atoms with Crippen LogP contribution in [0.15, 0.2) is 0 Å². The van der Waals surface area contributed by atoms with Crippen LogP contribution in [0.1, 0.15) is 13.8 Å². The summed E-state index contributed by atoms with van der Waals surface area (Å²) in [5.41, 5.74) is 0. The van der Waals surface area contributed by atoms with Gasteiger partial charge in [-0.15, -0.1) is 0 Å². The van der Waals surface area contributed by atoms with E-state index in [9.17, 15) is 18.0 Å². The van der Waals surface area contributed by atoms with Gasteiger partial charge in [0.15, 0.2) is 0 Å². The maximum Gasteiger partial charge on any atom is 0.311 e. The molecule has 0 amide bonds. The molecule has 0 aromatic carbocycles. The number of hydrogen-bond donors (Lipinski definition) is 0. The van der Waals surface area contributed by atoms with Gasteiger partial charge >= 0.3 is 18.8 Å². The third kappa shape index (κ3) is 3.85. The van der Waals surface area contributed by atoms with Gasteiger partial charge in [-0.2, -0.15) is 4.39 Å². The Morgan fingerprint density at radius 2 is 1.73 bits per heavy atom. The number of ether oxygens (including phenoxy) is 1. The fraction of sp³-hybridized carbons (Fsp3) is 0.833. The van der Waals surface area contributed by atoms with Crippen molar-refractivity contribution in [3.05, 3.63) is 0 Å². The summed E-state index contributed by atoms with van der Waals surface area (Å²) in [6.07, 6.45) is -6.07. The normalized spacial score (nSPS) is 13.7. The highest BCUT2D eigenvalue weighted by Gasteiger charge is 2.24. The lowest BCUT2D eigenvalue weighted by Gasteiger charge is -2.09. The minimum Gasteiger partial charge on any atom is -0.425 e. The Morgan fingerprint density at radius 3 is 2.00 bits per heavy atom. The van der Waals surface area contributed by atoms with E-state index in [4.69, 9.17) is 0 Å². The zero-order valence-electron chi connectivity index (χ0n) is 6.18. The predicted molar refractivity (Wildman–Crippen MR) is 31.8 cm³/mol. The Hall–Kier alpha value is -0.740. The minimum atomic E-state index is -3.27. The quantitative estimate of drug-likeness (QED) is 0.603. The fourth-order valence-electron chi connectivity index (χ4n) is 0.298. The maximum absolute atomic E-state index is 11.9. The molecule has 0 N–H and O–H groups in total. The average molecular weight is 170 g/mol. The van der Waals surface area contributed by atoms with E-state index < -0.39 is 24.7 Å². The number of carbonyl (C=O) groups excluding carboxylic acids is 1. The first-order chi connectivity index (χ1) is 4.95. The van der Waals surface area contributed by atoms with E-state index in [1.165, 1.54) is 13.8 Å². The second kappa shape index (κ2) is 4.20. The van der Waals surface area contributed by atoms with Crippen molar-refractivity contribution in [2.24, 2.45) is 5.92 Å². The molecule has 0 heterocycles. The summed E-state index contributed by atoms with van der Waals surface area (Å²) in [5.74, 6) is -1.55. The van der Waals surface area contributed by atoms with Crippen LogP contribution in [0.5, 0.6) is 0 Å². The molecule has 0 saturated heterocycles. The summed E-state index contributed by atoms with van der Waals surface area (Å²) in [6.45, 7) is 2.86. The van der Waals surface area contributed by atoms with Gasteiger partial charge in [0.25, 0.3) is 0 Å². The Labute approximate surface area is 62.3 Å². The molecule has 0 aliphatic rings. The topological polar surface area (TPSA) is 26.3 Å². The molecule has 0 aromatic heterocycles. The van der Waals surface area contributed by atoms with Crippen LogP contribution in [0.3, 0.4) is 0 Å². The number of hydrogen-bond acceptors (Lipinski definition) is 2. The molecule has 0 bridgehead atoms. The lowest BCUT2D eigenvalue weighted by molar-refractivity contribution is -0.177. The van der Waals surface area contributed by atoms with Gasteiger partial charge < -0.3 is 4.74 Å². The van der Waals surface area contributed by atoms with Gasteiger partial charge in [0.1, 0.15) is 0 Å². The summed E-state index contributed by atoms with van der Waals surface area (Å²) >= 11 is 0. The third-order valence-corrected chi connectivity index (χ3v) is 0.898. The predicted octanol–water partition coefficient (Wildman–Crippen LogP) is 1.75. The molecule has 0 aliphatic carbocycles. The first kappa shape index (κ1) is 10.3. The zero-order valence-corrected chi connectivity index (χ0v) is 6.18. The van der Waals surface area contributed by atoms with Crippen LogP contribution >= 0.6 is 0 Å². The molecular formula is C6H9F3O2. The van der Waals surface area contributed by atoms with Crippen LogP contribution in [0.2, 0.25) is 0 Å². The molecule has 0 aliphatic heterocycles. The first-order valence-corrected chi connectivity index (χ1v) is 3.08. The van der Waals surface area contributed by atoms with Crippen LogP contribution in [0.4, 0.5) is 13.2 Å². The number of rotatable bonds is 3. The largest absolute Gasteiger partial charge is 0.425 e. The molecule has 0 saturated carbocycles. The lowest BCUT2D eigenvalue weighted by atomic mass is 10.2. The Bertz CT molecular complexity index is 136. The summed E-state index contributed by atoms with van der Waals surface area (Å²) < 4.78 is 38.5. The monoisotopic (exact) mass is 170 g/mol. The standard InChI is InChI=1S/C6H9F3O2/c1-3(2)6(10)11-5(9)4(7)8/h3-5H,1-2H3. The second-order valence-electron chi connectivity index (χ2n) is 2.28. The van der Waals surface area contributed by atoms with Crippen LogP contribution in [0, 0.1) is 5.92 Å². The van der Waals surface area contributed by atoms with E-state index in [-0.39, 0.29) is 0 Å². The first-order valence-electron chi connectivity index (χ1n) is 3.08. The van der Waals surface area contributed by atoms with E-state index in [1.54, 1.807) is 0 Å². The lowest BCUT2D eigenvalue weighted by Crippen LogP contribution is -2.23. The summed E-state index contributed by atoms with van der Waals surface area (Å²) in [5, 5.41) is 0. The highest BCUT2D eigenvalue weighted by molar-refractivity contribution is 5.71. The van der Waals surface area contributed by atoms with Crippen LogP contribution in [-0.4, -0.2) is 18.8 Å². The van der Waals surface area contributed by atoms with Gasteiger partial charge in [-0.05, 0) is 0 Å². The minimum absolute atomic E-state index is 0.591. The second-order valence-corrected chi connectivity index (χ2v) is 2.28. The Kier molecular flexibility index (Phi) is 3.92. The fourth-order valence-corrected chi connectivity index (χ4v) is 0.298. The SMILES string of the molecule is CC(C)C(=O)OC(F)C(F)F.